The molecule has 3 N–H and O–H groups in total. The van der Waals surface area contributed by atoms with Crippen molar-refractivity contribution in [1.29, 1.82) is 0 Å². The third-order valence-corrected chi connectivity index (χ3v) is 4.26. The number of nitrogen functional groups attached to an aromatic ring is 1. The van der Waals surface area contributed by atoms with E-state index in [0.29, 0.717) is 17.1 Å². The van der Waals surface area contributed by atoms with Crippen molar-refractivity contribution in [3.8, 4) is 11.3 Å². The van der Waals surface area contributed by atoms with Gasteiger partial charge in [0, 0.05) is 23.9 Å². The van der Waals surface area contributed by atoms with E-state index in [1.165, 1.54) is 12.1 Å². The molecule has 0 aliphatic carbocycles. The first-order valence-electron chi connectivity index (χ1n) is 7.77. The van der Waals surface area contributed by atoms with Gasteiger partial charge in [0.05, 0.1) is 17.4 Å². The van der Waals surface area contributed by atoms with Crippen LogP contribution < -0.4 is 16.0 Å². The molecule has 0 bridgehead atoms. The second-order valence-corrected chi connectivity index (χ2v) is 5.85. The molecule has 1 saturated heterocycles. The van der Waals surface area contributed by atoms with E-state index >= 15 is 0 Å². The highest BCUT2D eigenvalue weighted by Gasteiger charge is 2.30. The molecule has 7 heteroatoms. The van der Waals surface area contributed by atoms with Crippen molar-refractivity contribution in [1.82, 2.24) is 10.3 Å². The molecular formula is C17H19F3N4. The highest BCUT2D eigenvalue weighted by atomic mass is 19.4. The molecule has 1 aromatic carbocycles. The van der Waals surface area contributed by atoms with Crippen molar-refractivity contribution >= 4 is 11.5 Å². The number of nitrogens with two attached hydrogens (primary N) is 1. The van der Waals surface area contributed by atoms with Gasteiger partial charge in [0.25, 0.3) is 0 Å². The molecular weight excluding hydrogens is 317 g/mol. The zero-order valence-corrected chi connectivity index (χ0v) is 13.3. The van der Waals surface area contributed by atoms with Gasteiger partial charge in [-0.2, -0.15) is 13.2 Å². The van der Waals surface area contributed by atoms with Crippen LogP contribution in [0.3, 0.4) is 0 Å². The van der Waals surface area contributed by atoms with E-state index in [1.54, 1.807) is 6.07 Å². The summed E-state index contributed by atoms with van der Waals surface area (Å²) in [7, 11) is 1.91. The first-order chi connectivity index (χ1) is 11.4. The fourth-order valence-electron chi connectivity index (χ4n) is 3.06. The van der Waals surface area contributed by atoms with Gasteiger partial charge < -0.3 is 16.0 Å². The molecule has 2 aromatic rings. The van der Waals surface area contributed by atoms with Crippen LogP contribution in [-0.2, 0) is 6.18 Å². The summed E-state index contributed by atoms with van der Waals surface area (Å²) in [5.74, 6) is 0.351. The van der Waals surface area contributed by atoms with E-state index in [0.717, 1.165) is 37.2 Å². The minimum absolute atomic E-state index is 0.229. The summed E-state index contributed by atoms with van der Waals surface area (Å²) in [5, 5.41) is 3.25. The molecule has 1 aliphatic rings. The Morgan fingerprint density at radius 3 is 2.54 bits per heavy atom. The SMILES string of the molecule is CNC1CCCN1c1cc(N)nc(-c2ccc(C(F)(F)F)cc2)c1. The molecule has 4 nitrogen and oxygen atoms in total. The van der Waals surface area contributed by atoms with Gasteiger partial charge in [0.1, 0.15) is 5.82 Å². The number of pyridine rings is 1. The van der Waals surface area contributed by atoms with E-state index < -0.39 is 11.7 Å². The van der Waals surface area contributed by atoms with Crippen LogP contribution in [0.2, 0.25) is 0 Å². The fraction of sp³-hybridized carbons (Fsp3) is 0.353. The quantitative estimate of drug-likeness (QED) is 0.901. The number of halogens is 3. The predicted molar refractivity (Wildman–Crippen MR) is 88.5 cm³/mol. The minimum atomic E-state index is -4.34. The molecule has 128 valence electrons. The number of alkyl halides is 3. The van der Waals surface area contributed by atoms with Gasteiger partial charge in [0.2, 0.25) is 0 Å². The van der Waals surface area contributed by atoms with Crippen LogP contribution in [0.5, 0.6) is 0 Å². The van der Waals surface area contributed by atoms with E-state index in [1.807, 2.05) is 13.1 Å². The van der Waals surface area contributed by atoms with Crippen molar-refractivity contribution < 1.29 is 13.2 Å². The van der Waals surface area contributed by atoms with Gasteiger partial charge in [-0.1, -0.05) is 12.1 Å². The normalized spacial score (nSPS) is 18.2. The molecule has 1 atom stereocenters. The maximum absolute atomic E-state index is 12.7. The van der Waals surface area contributed by atoms with Crippen molar-refractivity contribution in [3.63, 3.8) is 0 Å². The second kappa shape index (κ2) is 6.32. The summed E-state index contributed by atoms with van der Waals surface area (Å²) in [6.45, 7) is 0.904. The van der Waals surface area contributed by atoms with Gasteiger partial charge in [-0.05, 0) is 38.1 Å². The fourth-order valence-corrected chi connectivity index (χ4v) is 3.06. The van der Waals surface area contributed by atoms with Crippen molar-refractivity contribution in [2.24, 2.45) is 0 Å². The number of hydrogen-bond donors (Lipinski definition) is 2. The Bertz CT molecular complexity index is 713. The van der Waals surface area contributed by atoms with Crippen LogP contribution in [0.25, 0.3) is 11.3 Å². The Balaban J connectivity index is 1.94. The first-order valence-corrected chi connectivity index (χ1v) is 7.77. The lowest BCUT2D eigenvalue weighted by atomic mass is 10.1. The molecule has 0 amide bonds. The van der Waals surface area contributed by atoms with E-state index in [-0.39, 0.29) is 6.17 Å². The van der Waals surface area contributed by atoms with Crippen molar-refractivity contribution in [2.45, 2.75) is 25.2 Å². The van der Waals surface area contributed by atoms with Crippen LogP contribution in [-0.4, -0.2) is 24.7 Å². The number of rotatable bonds is 3. The Hall–Kier alpha value is -2.28. The Kier molecular flexibility index (Phi) is 4.36. The van der Waals surface area contributed by atoms with Crippen LogP contribution in [0.1, 0.15) is 18.4 Å². The highest BCUT2D eigenvalue weighted by Crippen LogP contribution is 2.32. The molecule has 0 spiro atoms. The summed E-state index contributed by atoms with van der Waals surface area (Å²) in [5.41, 5.74) is 7.34. The van der Waals surface area contributed by atoms with Gasteiger partial charge in [-0.15, -0.1) is 0 Å². The minimum Gasteiger partial charge on any atom is -0.384 e. The lowest BCUT2D eigenvalue weighted by molar-refractivity contribution is -0.137. The van der Waals surface area contributed by atoms with E-state index in [2.05, 4.69) is 15.2 Å². The average molecular weight is 336 g/mol. The molecule has 24 heavy (non-hydrogen) atoms. The standard InChI is InChI=1S/C17H19F3N4/c1-22-16-3-2-8-24(16)13-9-14(23-15(21)10-13)11-4-6-12(7-5-11)17(18,19)20/h4-7,9-10,16,22H,2-3,8H2,1H3,(H2,21,23). The van der Waals surface area contributed by atoms with Crippen LogP contribution in [0.4, 0.5) is 24.7 Å². The molecule has 1 unspecified atom stereocenters. The smallest absolute Gasteiger partial charge is 0.384 e. The Morgan fingerprint density at radius 1 is 1.21 bits per heavy atom. The van der Waals surface area contributed by atoms with Crippen LogP contribution >= 0.6 is 0 Å². The van der Waals surface area contributed by atoms with Gasteiger partial charge in [-0.3, -0.25) is 0 Å². The summed E-state index contributed by atoms with van der Waals surface area (Å²) < 4.78 is 38.1. The summed E-state index contributed by atoms with van der Waals surface area (Å²) in [6, 6.07) is 8.64. The maximum Gasteiger partial charge on any atom is 0.416 e. The first kappa shape index (κ1) is 16.6. The summed E-state index contributed by atoms with van der Waals surface area (Å²) in [6.07, 6.45) is -2.01. The van der Waals surface area contributed by atoms with Crippen molar-refractivity contribution in [2.75, 3.05) is 24.2 Å². The third kappa shape index (κ3) is 3.31. The topological polar surface area (TPSA) is 54.2 Å². The number of nitrogens with zero attached hydrogens (tertiary/aromatic N) is 2. The van der Waals surface area contributed by atoms with Crippen LogP contribution in [0, 0.1) is 0 Å². The zero-order valence-electron chi connectivity index (χ0n) is 13.3. The third-order valence-electron chi connectivity index (χ3n) is 4.26. The lowest BCUT2D eigenvalue weighted by Crippen LogP contribution is -2.39. The zero-order chi connectivity index (χ0) is 17.3. The van der Waals surface area contributed by atoms with Crippen LogP contribution in [0.15, 0.2) is 36.4 Å². The molecule has 0 saturated carbocycles. The van der Waals surface area contributed by atoms with E-state index in [9.17, 15) is 13.2 Å². The number of hydrogen-bond acceptors (Lipinski definition) is 4. The van der Waals surface area contributed by atoms with Gasteiger partial charge in [0.15, 0.2) is 0 Å². The van der Waals surface area contributed by atoms with Gasteiger partial charge in [-0.25, -0.2) is 4.98 Å². The predicted octanol–water partition coefficient (Wildman–Crippen LogP) is 3.50. The molecule has 1 aromatic heterocycles. The summed E-state index contributed by atoms with van der Waals surface area (Å²) >= 11 is 0. The number of benzene rings is 1. The molecule has 3 rings (SSSR count). The van der Waals surface area contributed by atoms with Crippen molar-refractivity contribution in [3.05, 3.63) is 42.0 Å². The number of aromatic nitrogens is 1. The monoisotopic (exact) mass is 336 g/mol. The highest BCUT2D eigenvalue weighted by molar-refractivity contribution is 5.68. The molecule has 2 heterocycles. The molecule has 0 radical (unpaired) electrons. The molecule has 1 aliphatic heterocycles. The Labute approximate surface area is 138 Å². The van der Waals surface area contributed by atoms with Gasteiger partial charge >= 0.3 is 6.18 Å². The molecule has 1 fully saturated rings. The largest absolute Gasteiger partial charge is 0.416 e. The average Bonchev–Trinajstić information content (AvgIpc) is 3.02. The lowest BCUT2D eigenvalue weighted by Gasteiger charge is -2.27. The Morgan fingerprint density at radius 2 is 1.92 bits per heavy atom. The number of anilines is 2. The van der Waals surface area contributed by atoms with E-state index in [4.69, 9.17) is 5.73 Å². The maximum atomic E-state index is 12.7. The summed E-state index contributed by atoms with van der Waals surface area (Å²) in [4.78, 5) is 6.47. The second-order valence-electron chi connectivity index (χ2n) is 5.85. The number of nitrogens with one attached hydrogen (secondary N) is 1.